The molecule has 7 nitrogen and oxygen atoms in total. The van der Waals surface area contributed by atoms with Crippen molar-refractivity contribution in [3.63, 3.8) is 0 Å². The highest BCUT2D eigenvalue weighted by Gasteiger charge is 2.35. The van der Waals surface area contributed by atoms with Gasteiger partial charge in [0.25, 0.3) is 5.91 Å². The van der Waals surface area contributed by atoms with Crippen LogP contribution in [-0.2, 0) is 11.3 Å². The molecule has 3 aromatic rings. The minimum absolute atomic E-state index is 0.118. The SMILES string of the molecule is C=CCn1c(SCC(=O)Nc2ccccc2C)nnc1C1CCCN1C(=O)c1ccccc1Cl. The summed E-state index contributed by atoms with van der Waals surface area (Å²) in [6.07, 6.45) is 3.41. The number of carbonyl (C=O) groups excluding carboxylic acids is 2. The van der Waals surface area contributed by atoms with Crippen LogP contribution in [0.3, 0.4) is 0 Å². The molecule has 0 aliphatic carbocycles. The summed E-state index contributed by atoms with van der Waals surface area (Å²) >= 11 is 7.59. The van der Waals surface area contributed by atoms with E-state index >= 15 is 0 Å². The van der Waals surface area contributed by atoms with Gasteiger partial charge in [-0.05, 0) is 43.5 Å². The predicted molar refractivity (Wildman–Crippen MR) is 135 cm³/mol. The molecule has 1 N–H and O–H groups in total. The molecule has 0 bridgehead atoms. The van der Waals surface area contributed by atoms with Crippen LogP contribution >= 0.6 is 23.4 Å². The van der Waals surface area contributed by atoms with E-state index in [0.717, 1.165) is 24.1 Å². The summed E-state index contributed by atoms with van der Waals surface area (Å²) in [6, 6.07) is 14.5. The molecule has 1 aliphatic heterocycles. The molecule has 1 fully saturated rings. The molecule has 1 aromatic heterocycles. The van der Waals surface area contributed by atoms with Crippen molar-refractivity contribution in [1.82, 2.24) is 19.7 Å². The molecule has 2 amide bonds. The summed E-state index contributed by atoms with van der Waals surface area (Å²) in [7, 11) is 0. The Balaban J connectivity index is 1.51. The van der Waals surface area contributed by atoms with Crippen LogP contribution in [0.5, 0.6) is 0 Å². The Morgan fingerprint density at radius 1 is 1.21 bits per heavy atom. The standard InChI is InChI=1S/C25H26ClN5O2S/c1-3-14-31-23(21-13-8-15-30(21)24(33)18-10-5-6-11-19(18)26)28-29-25(31)34-16-22(32)27-20-12-7-4-9-17(20)2/h3-7,9-12,21H,1,8,13-16H2,2H3,(H,27,32). The fraction of sp³-hybridized carbons (Fsp3) is 0.280. The van der Waals surface area contributed by atoms with Crippen molar-refractivity contribution in [2.45, 2.75) is 37.5 Å². The van der Waals surface area contributed by atoms with E-state index in [4.69, 9.17) is 11.6 Å². The fourth-order valence-corrected chi connectivity index (χ4v) is 5.02. The summed E-state index contributed by atoms with van der Waals surface area (Å²) in [5, 5.41) is 12.8. The zero-order chi connectivity index (χ0) is 24.1. The molecule has 1 saturated heterocycles. The maximum Gasteiger partial charge on any atom is 0.255 e. The number of carbonyl (C=O) groups is 2. The van der Waals surface area contributed by atoms with Gasteiger partial charge in [-0.1, -0.05) is 59.8 Å². The lowest BCUT2D eigenvalue weighted by Gasteiger charge is -2.25. The van der Waals surface area contributed by atoms with Gasteiger partial charge in [0.05, 0.1) is 22.4 Å². The normalized spacial score (nSPS) is 15.4. The Labute approximate surface area is 208 Å². The number of hydrogen-bond acceptors (Lipinski definition) is 5. The van der Waals surface area contributed by atoms with Gasteiger partial charge in [0, 0.05) is 18.8 Å². The van der Waals surface area contributed by atoms with Crippen molar-refractivity contribution >= 4 is 40.9 Å². The first-order chi connectivity index (χ1) is 16.5. The predicted octanol–water partition coefficient (Wildman–Crippen LogP) is 5.13. The molecule has 4 rings (SSSR count). The highest BCUT2D eigenvalue weighted by molar-refractivity contribution is 7.99. The van der Waals surface area contributed by atoms with Gasteiger partial charge >= 0.3 is 0 Å². The Hall–Kier alpha value is -3.10. The molecule has 34 heavy (non-hydrogen) atoms. The number of nitrogens with one attached hydrogen (secondary N) is 1. The Morgan fingerprint density at radius 3 is 2.74 bits per heavy atom. The summed E-state index contributed by atoms with van der Waals surface area (Å²) in [6.45, 7) is 6.91. The van der Waals surface area contributed by atoms with Gasteiger partial charge in [0.15, 0.2) is 11.0 Å². The molecule has 1 atom stereocenters. The van der Waals surface area contributed by atoms with E-state index in [2.05, 4.69) is 22.1 Å². The molecule has 0 spiro atoms. The van der Waals surface area contributed by atoms with Gasteiger partial charge in [-0.25, -0.2) is 0 Å². The number of anilines is 1. The summed E-state index contributed by atoms with van der Waals surface area (Å²) in [4.78, 5) is 27.6. The minimum atomic E-state index is -0.216. The topological polar surface area (TPSA) is 80.1 Å². The molecule has 2 aromatic carbocycles. The van der Waals surface area contributed by atoms with Gasteiger partial charge in [-0.15, -0.1) is 16.8 Å². The second-order valence-corrected chi connectivity index (χ2v) is 9.38. The number of aryl methyl sites for hydroxylation is 1. The van der Waals surface area contributed by atoms with Crippen molar-refractivity contribution in [2.75, 3.05) is 17.6 Å². The van der Waals surface area contributed by atoms with Crippen molar-refractivity contribution in [1.29, 1.82) is 0 Å². The first kappa shape index (κ1) is 24.0. The maximum atomic E-state index is 13.2. The van der Waals surface area contributed by atoms with E-state index < -0.39 is 0 Å². The largest absolute Gasteiger partial charge is 0.328 e. The third-order valence-electron chi connectivity index (χ3n) is 5.72. The van der Waals surface area contributed by atoms with Gasteiger partial charge in [0.2, 0.25) is 5.91 Å². The van der Waals surface area contributed by atoms with Crippen LogP contribution in [0.25, 0.3) is 0 Å². The Morgan fingerprint density at radius 2 is 1.97 bits per heavy atom. The number of benzene rings is 2. The number of likely N-dealkylation sites (tertiary alicyclic amines) is 1. The van der Waals surface area contributed by atoms with E-state index in [0.29, 0.717) is 34.7 Å². The lowest BCUT2D eigenvalue weighted by molar-refractivity contribution is -0.113. The first-order valence-electron chi connectivity index (χ1n) is 11.1. The van der Waals surface area contributed by atoms with Crippen LogP contribution in [-0.4, -0.2) is 43.8 Å². The van der Waals surface area contributed by atoms with Gasteiger partial charge < -0.3 is 14.8 Å². The number of rotatable bonds is 8. The molecule has 1 aliphatic rings. The Bertz CT molecular complexity index is 1210. The quantitative estimate of drug-likeness (QED) is 0.346. The van der Waals surface area contributed by atoms with Crippen LogP contribution < -0.4 is 5.32 Å². The van der Waals surface area contributed by atoms with Crippen LogP contribution in [0.1, 0.15) is 40.6 Å². The minimum Gasteiger partial charge on any atom is -0.328 e. The average Bonchev–Trinajstić information content (AvgIpc) is 3.46. The Kier molecular flexibility index (Phi) is 7.70. The number of nitrogens with zero attached hydrogens (tertiary/aromatic N) is 4. The van der Waals surface area contributed by atoms with Gasteiger partial charge in [0.1, 0.15) is 0 Å². The highest BCUT2D eigenvalue weighted by atomic mass is 35.5. The number of halogens is 1. The smallest absolute Gasteiger partial charge is 0.255 e. The molecule has 0 saturated carbocycles. The second kappa shape index (κ2) is 10.9. The first-order valence-corrected chi connectivity index (χ1v) is 12.4. The van der Waals surface area contributed by atoms with E-state index in [9.17, 15) is 9.59 Å². The van der Waals surface area contributed by atoms with Gasteiger partial charge in [-0.2, -0.15) is 0 Å². The van der Waals surface area contributed by atoms with E-state index in [1.165, 1.54) is 11.8 Å². The molecule has 176 valence electrons. The average molecular weight is 496 g/mol. The maximum absolute atomic E-state index is 13.2. The second-order valence-electron chi connectivity index (χ2n) is 8.03. The van der Waals surface area contributed by atoms with Crippen molar-refractivity contribution in [2.24, 2.45) is 0 Å². The molecule has 2 heterocycles. The van der Waals surface area contributed by atoms with Crippen molar-refractivity contribution in [3.8, 4) is 0 Å². The van der Waals surface area contributed by atoms with Gasteiger partial charge in [-0.3, -0.25) is 9.59 Å². The molecular formula is C25H26ClN5O2S. The fourth-order valence-electron chi connectivity index (χ4n) is 4.05. The van der Waals surface area contributed by atoms with Crippen molar-refractivity contribution < 1.29 is 9.59 Å². The lowest BCUT2D eigenvalue weighted by atomic mass is 10.1. The third-order valence-corrected chi connectivity index (χ3v) is 7.02. The molecule has 0 radical (unpaired) electrons. The van der Waals surface area contributed by atoms with Crippen LogP contribution in [0.2, 0.25) is 5.02 Å². The lowest BCUT2D eigenvalue weighted by Crippen LogP contribution is -2.32. The number of hydrogen-bond donors (Lipinski definition) is 1. The molecular weight excluding hydrogens is 470 g/mol. The molecule has 1 unspecified atom stereocenters. The third kappa shape index (κ3) is 5.18. The number of amides is 2. The summed E-state index contributed by atoms with van der Waals surface area (Å²) < 4.78 is 1.93. The van der Waals surface area contributed by atoms with E-state index in [1.54, 1.807) is 30.3 Å². The number of aromatic nitrogens is 3. The van der Waals surface area contributed by atoms with E-state index in [1.807, 2.05) is 40.7 Å². The summed E-state index contributed by atoms with van der Waals surface area (Å²) in [5.41, 5.74) is 2.27. The number of para-hydroxylation sites is 1. The van der Waals surface area contributed by atoms with E-state index in [-0.39, 0.29) is 23.6 Å². The summed E-state index contributed by atoms with van der Waals surface area (Å²) in [5.74, 6) is 0.648. The number of thioether (sulfide) groups is 1. The molecule has 9 heteroatoms. The zero-order valence-corrected chi connectivity index (χ0v) is 20.5. The van der Waals surface area contributed by atoms with Crippen LogP contribution in [0, 0.1) is 6.92 Å². The highest BCUT2D eigenvalue weighted by Crippen LogP contribution is 2.35. The van der Waals surface area contributed by atoms with Crippen molar-refractivity contribution in [3.05, 3.63) is 83.2 Å². The van der Waals surface area contributed by atoms with Crippen LogP contribution in [0.4, 0.5) is 5.69 Å². The monoisotopic (exact) mass is 495 g/mol. The van der Waals surface area contributed by atoms with Crippen LogP contribution in [0.15, 0.2) is 66.3 Å². The number of allylic oxidation sites excluding steroid dienone is 1. The zero-order valence-electron chi connectivity index (χ0n) is 18.9.